The molecule has 128 valence electrons. The van der Waals surface area contributed by atoms with Crippen molar-refractivity contribution in [2.75, 3.05) is 24.3 Å². The number of anilines is 2. The van der Waals surface area contributed by atoms with Gasteiger partial charge >= 0.3 is 6.18 Å². The summed E-state index contributed by atoms with van der Waals surface area (Å²) in [6, 6.07) is 7.36. The Morgan fingerprint density at radius 2 is 1.62 bits per heavy atom. The monoisotopic (exact) mass is 376 g/mol. The highest BCUT2D eigenvalue weighted by Crippen LogP contribution is 2.35. The zero-order chi connectivity index (χ0) is 18.1. The summed E-state index contributed by atoms with van der Waals surface area (Å²) in [7, 11) is 3.32. The highest BCUT2D eigenvalue weighted by molar-refractivity contribution is 6.35. The molecule has 3 nitrogen and oxygen atoms in total. The van der Waals surface area contributed by atoms with Crippen molar-refractivity contribution in [2.45, 2.75) is 6.18 Å². The fourth-order valence-electron chi connectivity index (χ4n) is 2.08. The van der Waals surface area contributed by atoms with Gasteiger partial charge in [0.2, 0.25) is 0 Å². The van der Waals surface area contributed by atoms with E-state index in [1.54, 1.807) is 19.0 Å². The zero-order valence-electron chi connectivity index (χ0n) is 12.7. The van der Waals surface area contributed by atoms with Gasteiger partial charge in [-0.1, -0.05) is 23.2 Å². The van der Waals surface area contributed by atoms with Crippen molar-refractivity contribution in [3.8, 4) is 0 Å². The minimum Gasteiger partial charge on any atom is -0.376 e. The molecule has 0 radical (unpaired) electrons. The second kappa shape index (κ2) is 6.91. The minimum absolute atomic E-state index is 0.0379. The summed E-state index contributed by atoms with van der Waals surface area (Å²) < 4.78 is 38.7. The van der Waals surface area contributed by atoms with Gasteiger partial charge in [-0.25, -0.2) is 0 Å². The van der Waals surface area contributed by atoms with Gasteiger partial charge in [0.05, 0.1) is 16.9 Å². The number of hydrogen-bond acceptors (Lipinski definition) is 2. The van der Waals surface area contributed by atoms with Crippen molar-refractivity contribution in [2.24, 2.45) is 0 Å². The van der Waals surface area contributed by atoms with E-state index in [0.717, 1.165) is 12.1 Å². The first kappa shape index (κ1) is 18.4. The molecule has 0 fully saturated rings. The maximum atomic E-state index is 12.9. The van der Waals surface area contributed by atoms with E-state index in [-0.39, 0.29) is 21.3 Å². The molecule has 1 amide bonds. The van der Waals surface area contributed by atoms with E-state index in [0.29, 0.717) is 5.69 Å². The van der Waals surface area contributed by atoms with Gasteiger partial charge in [0.1, 0.15) is 0 Å². The van der Waals surface area contributed by atoms with Crippen LogP contribution in [0.2, 0.25) is 10.0 Å². The molecule has 0 heterocycles. The van der Waals surface area contributed by atoms with Crippen molar-refractivity contribution < 1.29 is 18.0 Å². The van der Waals surface area contributed by atoms with Crippen molar-refractivity contribution in [1.82, 2.24) is 0 Å². The maximum absolute atomic E-state index is 12.9. The maximum Gasteiger partial charge on any atom is 0.416 e. The Kier molecular flexibility index (Phi) is 5.30. The van der Waals surface area contributed by atoms with Crippen LogP contribution < -0.4 is 10.2 Å². The fourth-order valence-corrected chi connectivity index (χ4v) is 2.61. The van der Waals surface area contributed by atoms with Crippen molar-refractivity contribution in [1.29, 1.82) is 0 Å². The first-order valence-corrected chi connectivity index (χ1v) is 7.49. The molecule has 0 spiro atoms. The van der Waals surface area contributed by atoms with E-state index in [1.807, 2.05) is 0 Å². The van der Waals surface area contributed by atoms with Crippen LogP contribution in [-0.4, -0.2) is 20.0 Å². The quantitative estimate of drug-likeness (QED) is 0.784. The van der Waals surface area contributed by atoms with Crippen LogP contribution >= 0.6 is 23.2 Å². The summed E-state index contributed by atoms with van der Waals surface area (Å²) in [6.07, 6.45) is -4.51. The number of benzene rings is 2. The molecule has 8 heteroatoms. The summed E-state index contributed by atoms with van der Waals surface area (Å²) in [5.74, 6) is -0.609. The zero-order valence-corrected chi connectivity index (χ0v) is 14.2. The summed E-state index contributed by atoms with van der Waals surface area (Å²) in [6.45, 7) is 0. The number of hydrogen-bond donors (Lipinski definition) is 1. The number of alkyl halides is 3. The molecule has 0 aliphatic heterocycles. The molecular weight excluding hydrogens is 364 g/mol. The van der Waals surface area contributed by atoms with Crippen molar-refractivity contribution in [3.63, 3.8) is 0 Å². The van der Waals surface area contributed by atoms with Crippen LogP contribution in [0.5, 0.6) is 0 Å². The Labute approximate surface area is 147 Å². The van der Waals surface area contributed by atoms with Gasteiger partial charge in [0.25, 0.3) is 5.91 Å². The van der Waals surface area contributed by atoms with Gasteiger partial charge in [-0.2, -0.15) is 13.2 Å². The van der Waals surface area contributed by atoms with Gasteiger partial charge in [0, 0.05) is 29.7 Å². The van der Waals surface area contributed by atoms with Crippen molar-refractivity contribution in [3.05, 3.63) is 57.6 Å². The average molecular weight is 377 g/mol. The molecule has 0 aliphatic rings. The topological polar surface area (TPSA) is 32.3 Å². The number of halogens is 5. The molecule has 2 aromatic carbocycles. The smallest absolute Gasteiger partial charge is 0.376 e. The Morgan fingerprint density at radius 1 is 1.04 bits per heavy atom. The van der Waals surface area contributed by atoms with Crippen molar-refractivity contribution >= 4 is 40.5 Å². The minimum atomic E-state index is -4.51. The van der Waals surface area contributed by atoms with Crippen LogP contribution in [0.25, 0.3) is 0 Å². The average Bonchev–Trinajstić information content (AvgIpc) is 2.44. The van der Waals surface area contributed by atoms with Gasteiger partial charge in [0.15, 0.2) is 0 Å². The Balaban J connectivity index is 2.41. The third-order valence-corrected chi connectivity index (χ3v) is 3.62. The molecule has 2 rings (SSSR count). The molecule has 0 aliphatic carbocycles. The Hall–Kier alpha value is -1.92. The fraction of sp³-hybridized carbons (Fsp3) is 0.188. The predicted molar refractivity (Wildman–Crippen MR) is 90.2 cm³/mol. The van der Waals surface area contributed by atoms with Gasteiger partial charge < -0.3 is 10.2 Å². The number of carbonyl (C=O) groups excluding carboxylic acids is 1. The number of amides is 1. The van der Waals surface area contributed by atoms with Gasteiger partial charge in [-0.3, -0.25) is 4.79 Å². The third-order valence-electron chi connectivity index (χ3n) is 3.18. The summed E-state index contributed by atoms with van der Waals surface area (Å²) in [4.78, 5) is 13.9. The summed E-state index contributed by atoms with van der Waals surface area (Å²) in [5, 5.41) is 2.99. The highest BCUT2D eigenvalue weighted by Gasteiger charge is 2.31. The highest BCUT2D eigenvalue weighted by atomic mass is 35.5. The van der Waals surface area contributed by atoms with E-state index in [4.69, 9.17) is 23.2 Å². The molecule has 24 heavy (non-hydrogen) atoms. The van der Waals surface area contributed by atoms with E-state index >= 15 is 0 Å². The Bertz CT molecular complexity index is 756. The molecule has 0 unspecified atom stereocenters. The van der Waals surface area contributed by atoms with E-state index in [2.05, 4.69) is 5.32 Å². The lowest BCUT2D eigenvalue weighted by molar-refractivity contribution is -0.137. The second-order valence-electron chi connectivity index (χ2n) is 5.24. The second-order valence-corrected chi connectivity index (χ2v) is 6.11. The number of carbonyl (C=O) groups is 1. The number of nitrogens with one attached hydrogen (secondary N) is 1. The number of rotatable bonds is 3. The van der Waals surface area contributed by atoms with Gasteiger partial charge in [-0.15, -0.1) is 0 Å². The Morgan fingerprint density at radius 3 is 2.12 bits per heavy atom. The lowest BCUT2D eigenvalue weighted by atomic mass is 10.1. The summed E-state index contributed by atoms with van der Waals surface area (Å²) in [5.41, 5.74) is -0.234. The van der Waals surface area contributed by atoms with Crippen LogP contribution in [0.15, 0.2) is 36.4 Å². The van der Waals surface area contributed by atoms with E-state index < -0.39 is 17.6 Å². The molecular formula is C16H13Cl2F3N2O. The lowest BCUT2D eigenvalue weighted by Crippen LogP contribution is -2.18. The molecule has 0 saturated carbocycles. The molecule has 0 atom stereocenters. The van der Waals surface area contributed by atoms with Crippen LogP contribution in [0.4, 0.5) is 24.5 Å². The SMILES string of the molecule is CN(C)c1ccc(C(F)(F)F)cc1NC(=O)c1cc(Cl)cc(Cl)c1. The number of nitrogens with zero attached hydrogens (tertiary/aromatic N) is 1. The predicted octanol–water partition coefficient (Wildman–Crippen LogP) is 5.33. The normalized spacial score (nSPS) is 11.3. The first-order chi connectivity index (χ1) is 11.1. The lowest BCUT2D eigenvalue weighted by Gasteiger charge is -2.20. The van der Waals surface area contributed by atoms with Crippen LogP contribution in [0.1, 0.15) is 15.9 Å². The standard InChI is InChI=1S/C16H13Cl2F3N2O/c1-23(2)14-4-3-10(16(19,20)21)7-13(14)22-15(24)9-5-11(17)8-12(18)6-9/h3-8H,1-2H3,(H,22,24). The molecule has 0 saturated heterocycles. The molecule has 1 N–H and O–H groups in total. The largest absolute Gasteiger partial charge is 0.416 e. The van der Waals surface area contributed by atoms with Gasteiger partial charge in [-0.05, 0) is 36.4 Å². The molecule has 0 bridgehead atoms. The molecule has 0 aromatic heterocycles. The third kappa shape index (κ3) is 4.33. The van der Waals surface area contributed by atoms with E-state index in [1.165, 1.54) is 24.3 Å². The first-order valence-electron chi connectivity index (χ1n) is 6.74. The van der Waals surface area contributed by atoms with Crippen LogP contribution in [0.3, 0.4) is 0 Å². The molecule has 2 aromatic rings. The van der Waals surface area contributed by atoms with E-state index in [9.17, 15) is 18.0 Å². The van der Waals surface area contributed by atoms with Crippen LogP contribution in [0, 0.1) is 0 Å². The van der Waals surface area contributed by atoms with Crippen LogP contribution in [-0.2, 0) is 6.18 Å². The summed E-state index contributed by atoms with van der Waals surface area (Å²) >= 11 is 11.7.